The standard InChI is InChI=1S/C37H43Cl2N/c1-34(2,3)37(8)17-16-33(30(24-37)25-12-10-9-11-13-25)40(29-21-26(38)20-27(39)22-29)28-14-15-31-32(23-28)36(6,7)19-18-35(31,4)5/h9-16,20-24H,17-19H2,1-8H3. The van der Waals surface area contributed by atoms with Gasteiger partial charge in [-0.2, -0.15) is 0 Å². The molecule has 5 rings (SSSR count). The Morgan fingerprint density at radius 2 is 1.30 bits per heavy atom. The molecule has 0 radical (unpaired) electrons. The third-order valence-corrected chi connectivity index (χ3v) is 10.1. The summed E-state index contributed by atoms with van der Waals surface area (Å²) in [6, 6.07) is 23.7. The Kier molecular flexibility index (Phi) is 7.33. The summed E-state index contributed by atoms with van der Waals surface area (Å²) in [7, 11) is 0. The van der Waals surface area contributed by atoms with E-state index in [0.717, 1.165) is 17.8 Å². The summed E-state index contributed by atoms with van der Waals surface area (Å²) in [5.41, 5.74) is 8.95. The molecular weight excluding hydrogens is 529 g/mol. The van der Waals surface area contributed by atoms with Crippen molar-refractivity contribution in [3.8, 4) is 0 Å². The van der Waals surface area contributed by atoms with E-state index in [1.807, 2.05) is 18.2 Å². The molecule has 0 spiro atoms. The molecule has 3 aromatic carbocycles. The number of anilines is 2. The molecule has 210 valence electrons. The van der Waals surface area contributed by atoms with Crippen molar-refractivity contribution in [2.24, 2.45) is 10.8 Å². The van der Waals surface area contributed by atoms with Gasteiger partial charge in [0.05, 0.1) is 0 Å². The highest BCUT2D eigenvalue weighted by molar-refractivity contribution is 6.35. The maximum absolute atomic E-state index is 6.63. The monoisotopic (exact) mass is 571 g/mol. The minimum absolute atomic E-state index is 0.00118. The molecule has 0 N–H and O–H groups in total. The van der Waals surface area contributed by atoms with E-state index in [1.54, 1.807) is 0 Å². The van der Waals surface area contributed by atoms with Crippen LogP contribution in [0.1, 0.15) is 91.3 Å². The number of nitrogens with zero attached hydrogens (tertiary/aromatic N) is 1. The van der Waals surface area contributed by atoms with Gasteiger partial charge in [0.25, 0.3) is 0 Å². The van der Waals surface area contributed by atoms with Gasteiger partial charge >= 0.3 is 0 Å². The van der Waals surface area contributed by atoms with Crippen LogP contribution in [0.5, 0.6) is 0 Å². The Morgan fingerprint density at radius 1 is 0.700 bits per heavy atom. The number of benzene rings is 3. The number of fused-ring (bicyclic) bond motifs is 1. The fourth-order valence-electron chi connectivity index (χ4n) is 6.26. The molecule has 0 saturated heterocycles. The Labute approximate surface area is 251 Å². The minimum atomic E-state index is 0.00118. The van der Waals surface area contributed by atoms with Gasteiger partial charge in [0, 0.05) is 32.7 Å². The van der Waals surface area contributed by atoms with Crippen LogP contribution < -0.4 is 4.90 Å². The van der Waals surface area contributed by atoms with E-state index in [2.05, 4.69) is 121 Å². The summed E-state index contributed by atoms with van der Waals surface area (Å²) in [6.45, 7) is 18.9. The number of halogens is 2. The highest BCUT2D eigenvalue weighted by Crippen LogP contribution is 2.52. The quantitative estimate of drug-likeness (QED) is 0.301. The molecule has 0 heterocycles. The molecule has 3 heteroatoms. The predicted molar refractivity (Wildman–Crippen MR) is 175 cm³/mol. The van der Waals surface area contributed by atoms with Crippen LogP contribution >= 0.6 is 23.2 Å². The second kappa shape index (κ2) is 10.1. The molecule has 0 aliphatic heterocycles. The van der Waals surface area contributed by atoms with Gasteiger partial charge in [0.15, 0.2) is 0 Å². The first-order valence-electron chi connectivity index (χ1n) is 14.5. The fourth-order valence-corrected chi connectivity index (χ4v) is 6.78. The molecular formula is C37H43Cl2N. The van der Waals surface area contributed by atoms with Crippen molar-refractivity contribution in [3.63, 3.8) is 0 Å². The second-order valence-electron chi connectivity index (χ2n) is 14.3. The van der Waals surface area contributed by atoms with Gasteiger partial charge in [-0.05, 0) is 87.9 Å². The molecule has 1 unspecified atom stereocenters. The number of hydrogen-bond donors (Lipinski definition) is 0. The molecule has 2 aliphatic carbocycles. The van der Waals surface area contributed by atoms with Gasteiger partial charge in [0.2, 0.25) is 0 Å². The summed E-state index contributed by atoms with van der Waals surface area (Å²) in [4.78, 5) is 2.37. The summed E-state index contributed by atoms with van der Waals surface area (Å²) in [5.74, 6) is 0. The normalized spacial score (nSPS) is 21.8. The van der Waals surface area contributed by atoms with E-state index in [9.17, 15) is 0 Å². The van der Waals surface area contributed by atoms with Gasteiger partial charge in [-0.1, -0.05) is 127 Å². The van der Waals surface area contributed by atoms with Crippen molar-refractivity contribution in [1.82, 2.24) is 0 Å². The van der Waals surface area contributed by atoms with Crippen molar-refractivity contribution in [3.05, 3.63) is 111 Å². The molecule has 40 heavy (non-hydrogen) atoms. The van der Waals surface area contributed by atoms with E-state index < -0.39 is 0 Å². The average molecular weight is 573 g/mol. The number of allylic oxidation sites excluding steroid dienone is 3. The molecule has 0 fully saturated rings. The van der Waals surface area contributed by atoms with Crippen LogP contribution in [0, 0.1) is 10.8 Å². The Balaban J connectivity index is 1.77. The fraction of sp³-hybridized carbons (Fsp3) is 0.405. The third kappa shape index (κ3) is 5.28. The van der Waals surface area contributed by atoms with Crippen molar-refractivity contribution in [2.45, 2.75) is 85.5 Å². The van der Waals surface area contributed by atoms with Crippen LogP contribution in [0.4, 0.5) is 11.4 Å². The molecule has 3 aromatic rings. The van der Waals surface area contributed by atoms with Gasteiger partial charge in [-0.25, -0.2) is 0 Å². The van der Waals surface area contributed by atoms with Crippen molar-refractivity contribution >= 4 is 40.1 Å². The van der Waals surface area contributed by atoms with Crippen molar-refractivity contribution in [2.75, 3.05) is 4.90 Å². The first kappa shape index (κ1) is 29.0. The third-order valence-electron chi connectivity index (χ3n) is 9.70. The van der Waals surface area contributed by atoms with Crippen LogP contribution in [0.2, 0.25) is 10.0 Å². The van der Waals surface area contributed by atoms with Crippen LogP contribution in [0.3, 0.4) is 0 Å². The lowest BCUT2D eigenvalue weighted by Crippen LogP contribution is -2.35. The maximum atomic E-state index is 6.63. The summed E-state index contributed by atoms with van der Waals surface area (Å²) >= 11 is 13.3. The first-order chi connectivity index (χ1) is 18.6. The van der Waals surface area contributed by atoms with Gasteiger partial charge < -0.3 is 4.90 Å². The van der Waals surface area contributed by atoms with E-state index in [1.165, 1.54) is 40.8 Å². The number of hydrogen-bond acceptors (Lipinski definition) is 1. The highest BCUT2D eigenvalue weighted by Gasteiger charge is 2.40. The average Bonchev–Trinajstić information content (AvgIpc) is 2.87. The summed E-state index contributed by atoms with van der Waals surface area (Å²) < 4.78 is 0. The van der Waals surface area contributed by atoms with Crippen LogP contribution in [-0.4, -0.2) is 0 Å². The van der Waals surface area contributed by atoms with E-state index in [0.29, 0.717) is 10.0 Å². The van der Waals surface area contributed by atoms with Crippen molar-refractivity contribution < 1.29 is 0 Å². The van der Waals surface area contributed by atoms with Gasteiger partial charge in [-0.15, -0.1) is 0 Å². The molecule has 2 aliphatic rings. The lowest BCUT2D eigenvalue weighted by atomic mass is 9.62. The van der Waals surface area contributed by atoms with Crippen LogP contribution in [0.15, 0.2) is 84.6 Å². The Morgan fingerprint density at radius 3 is 1.90 bits per heavy atom. The minimum Gasteiger partial charge on any atom is -0.310 e. The zero-order chi connectivity index (χ0) is 29.1. The van der Waals surface area contributed by atoms with E-state index in [-0.39, 0.29) is 21.7 Å². The molecule has 0 aromatic heterocycles. The molecule has 0 saturated carbocycles. The van der Waals surface area contributed by atoms with Gasteiger partial charge in [-0.3, -0.25) is 0 Å². The summed E-state index contributed by atoms with van der Waals surface area (Å²) in [5, 5.41) is 1.27. The SMILES string of the molecule is CC1(C)CCC(C)(C)c2cc(N(C3=CCC(C)(C(C)(C)C)C=C3c3ccccc3)c3cc(Cl)cc(Cl)c3)ccc21. The van der Waals surface area contributed by atoms with E-state index >= 15 is 0 Å². The maximum Gasteiger partial charge on any atom is 0.0497 e. The van der Waals surface area contributed by atoms with E-state index in [4.69, 9.17) is 23.2 Å². The molecule has 1 nitrogen and oxygen atoms in total. The second-order valence-corrected chi connectivity index (χ2v) is 15.2. The van der Waals surface area contributed by atoms with Crippen LogP contribution in [-0.2, 0) is 10.8 Å². The number of rotatable bonds is 4. The molecule has 1 atom stereocenters. The zero-order valence-corrected chi connectivity index (χ0v) is 26.8. The first-order valence-corrected chi connectivity index (χ1v) is 15.3. The topological polar surface area (TPSA) is 3.24 Å². The Bertz CT molecular complexity index is 1470. The highest BCUT2D eigenvalue weighted by atomic mass is 35.5. The zero-order valence-electron chi connectivity index (χ0n) is 25.3. The summed E-state index contributed by atoms with van der Waals surface area (Å²) in [6.07, 6.45) is 8.23. The Hall–Kier alpha value is -2.48. The molecule has 0 amide bonds. The van der Waals surface area contributed by atoms with Crippen LogP contribution in [0.25, 0.3) is 5.57 Å². The lowest BCUT2D eigenvalue weighted by Gasteiger charge is -2.45. The predicted octanol–water partition coefficient (Wildman–Crippen LogP) is 11.9. The molecule has 0 bridgehead atoms. The largest absolute Gasteiger partial charge is 0.310 e. The smallest absolute Gasteiger partial charge is 0.0497 e. The van der Waals surface area contributed by atoms with Crippen molar-refractivity contribution in [1.29, 1.82) is 0 Å². The van der Waals surface area contributed by atoms with Gasteiger partial charge in [0.1, 0.15) is 0 Å². The lowest BCUT2D eigenvalue weighted by molar-refractivity contribution is 0.170.